The van der Waals surface area contributed by atoms with Gasteiger partial charge >= 0.3 is 0 Å². The van der Waals surface area contributed by atoms with E-state index in [1.54, 1.807) is 11.3 Å². The fourth-order valence-electron chi connectivity index (χ4n) is 2.79. The van der Waals surface area contributed by atoms with Crippen LogP contribution in [-0.4, -0.2) is 11.0 Å². The molecule has 4 atom stereocenters. The van der Waals surface area contributed by atoms with E-state index in [0.717, 1.165) is 18.3 Å². The molecule has 96 valence electrons. The summed E-state index contributed by atoms with van der Waals surface area (Å²) >= 11 is 1.77. The first-order valence-corrected chi connectivity index (χ1v) is 7.74. The van der Waals surface area contributed by atoms with Crippen LogP contribution >= 0.6 is 11.3 Å². The van der Waals surface area contributed by atoms with E-state index < -0.39 is 0 Å². The highest BCUT2D eigenvalue weighted by Gasteiger charge is 2.27. The molecule has 1 aliphatic rings. The zero-order valence-electron chi connectivity index (χ0n) is 11.1. The summed E-state index contributed by atoms with van der Waals surface area (Å²) in [6, 6.07) is 1.13. The monoisotopic (exact) mass is 252 g/mol. The molecule has 0 spiro atoms. The SMILES string of the molecule is CCC(NC1CC(C)CCC1C)c1nccs1. The number of nitrogens with one attached hydrogen (secondary N) is 1. The largest absolute Gasteiger partial charge is 0.305 e. The van der Waals surface area contributed by atoms with Crippen molar-refractivity contribution in [3.63, 3.8) is 0 Å². The van der Waals surface area contributed by atoms with Crippen LogP contribution < -0.4 is 5.32 Å². The molecule has 2 rings (SSSR count). The van der Waals surface area contributed by atoms with Gasteiger partial charge in [0.15, 0.2) is 0 Å². The molecule has 1 aromatic heterocycles. The number of aromatic nitrogens is 1. The quantitative estimate of drug-likeness (QED) is 0.876. The number of nitrogens with zero attached hydrogens (tertiary/aromatic N) is 1. The number of hydrogen-bond donors (Lipinski definition) is 1. The number of hydrogen-bond acceptors (Lipinski definition) is 3. The molecule has 1 aromatic rings. The topological polar surface area (TPSA) is 24.9 Å². The lowest BCUT2D eigenvalue weighted by molar-refractivity contribution is 0.211. The predicted octanol–water partition coefficient (Wildman–Crippen LogP) is 4.01. The highest BCUT2D eigenvalue weighted by atomic mass is 32.1. The van der Waals surface area contributed by atoms with E-state index in [0.29, 0.717) is 12.1 Å². The van der Waals surface area contributed by atoms with Gasteiger partial charge in [0.2, 0.25) is 0 Å². The number of rotatable bonds is 4. The number of thiazole rings is 1. The third kappa shape index (κ3) is 3.29. The van der Waals surface area contributed by atoms with Crippen LogP contribution in [-0.2, 0) is 0 Å². The van der Waals surface area contributed by atoms with Crippen molar-refractivity contribution in [3.05, 3.63) is 16.6 Å². The van der Waals surface area contributed by atoms with Crippen LogP contribution in [0.5, 0.6) is 0 Å². The Kier molecular flexibility index (Phi) is 4.57. The van der Waals surface area contributed by atoms with Gasteiger partial charge in [-0.25, -0.2) is 4.98 Å². The lowest BCUT2D eigenvalue weighted by atomic mass is 9.80. The summed E-state index contributed by atoms with van der Waals surface area (Å²) in [5.74, 6) is 1.68. The van der Waals surface area contributed by atoms with Crippen LogP contribution in [0, 0.1) is 11.8 Å². The van der Waals surface area contributed by atoms with Gasteiger partial charge < -0.3 is 5.32 Å². The maximum atomic E-state index is 4.45. The van der Waals surface area contributed by atoms with E-state index in [1.165, 1.54) is 24.3 Å². The van der Waals surface area contributed by atoms with Crippen molar-refractivity contribution in [2.75, 3.05) is 0 Å². The second-order valence-electron chi connectivity index (χ2n) is 5.50. The first-order valence-electron chi connectivity index (χ1n) is 6.86. The van der Waals surface area contributed by atoms with Gasteiger partial charge in [-0.3, -0.25) is 0 Å². The molecule has 1 N–H and O–H groups in total. The molecule has 0 aromatic carbocycles. The maximum absolute atomic E-state index is 4.45. The third-order valence-electron chi connectivity index (χ3n) is 4.03. The predicted molar refractivity (Wildman–Crippen MR) is 74.2 cm³/mol. The van der Waals surface area contributed by atoms with Crippen LogP contribution in [0.1, 0.15) is 57.5 Å². The fraction of sp³-hybridized carbons (Fsp3) is 0.786. The Labute approximate surface area is 109 Å². The minimum atomic E-state index is 0.452. The van der Waals surface area contributed by atoms with Gasteiger partial charge in [0.1, 0.15) is 5.01 Å². The van der Waals surface area contributed by atoms with Gasteiger partial charge in [0.05, 0.1) is 6.04 Å². The summed E-state index contributed by atoms with van der Waals surface area (Å²) in [6.45, 7) is 7.01. The lowest BCUT2D eigenvalue weighted by Gasteiger charge is -2.35. The second kappa shape index (κ2) is 5.96. The highest BCUT2D eigenvalue weighted by molar-refractivity contribution is 7.09. The van der Waals surface area contributed by atoms with Crippen molar-refractivity contribution in [3.8, 4) is 0 Å². The molecule has 4 unspecified atom stereocenters. The van der Waals surface area contributed by atoms with Crippen molar-refractivity contribution < 1.29 is 0 Å². The molecule has 1 heterocycles. The molecule has 1 fully saturated rings. The molecule has 17 heavy (non-hydrogen) atoms. The maximum Gasteiger partial charge on any atom is 0.109 e. The van der Waals surface area contributed by atoms with E-state index in [1.807, 2.05) is 6.20 Å². The third-order valence-corrected chi connectivity index (χ3v) is 4.92. The fourth-order valence-corrected chi connectivity index (χ4v) is 3.58. The van der Waals surface area contributed by atoms with E-state index in [9.17, 15) is 0 Å². The smallest absolute Gasteiger partial charge is 0.109 e. The van der Waals surface area contributed by atoms with Crippen LogP contribution in [0.2, 0.25) is 0 Å². The Morgan fingerprint density at radius 1 is 1.47 bits per heavy atom. The summed E-state index contributed by atoms with van der Waals surface area (Å²) in [4.78, 5) is 4.45. The van der Waals surface area contributed by atoms with Crippen molar-refractivity contribution in [2.45, 2.75) is 58.5 Å². The van der Waals surface area contributed by atoms with Gasteiger partial charge in [-0.1, -0.05) is 27.2 Å². The standard InChI is InChI=1S/C14H24N2S/c1-4-12(14-15-7-8-17-14)16-13-9-10(2)5-6-11(13)3/h7-8,10-13,16H,4-6,9H2,1-3H3. The van der Waals surface area contributed by atoms with Gasteiger partial charge in [0.25, 0.3) is 0 Å². The Morgan fingerprint density at radius 2 is 2.29 bits per heavy atom. The van der Waals surface area contributed by atoms with Crippen molar-refractivity contribution in [1.82, 2.24) is 10.3 Å². The zero-order chi connectivity index (χ0) is 12.3. The van der Waals surface area contributed by atoms with E-state index in [4.69, 9.17) is 0 Å². The van der Waals surface area contributed by atoms with Crippen molar-refractivity contribution >= 4 is 11.3 Å². The molecule has 0 aliphatic heterocycles. The van der Waals surface area contributed by atoms with Crippen molar-refractivity contribution in [2.24, 2.45) is 11.8 Å². The molecule has 1 saturated carbocycles. The highest BCUT2D eigenvalue weighted by Crippen LogP contribution is 2.31. The van der Waals surface area contributed by atoms with E-state index >= 15 is 0 Å². The Hall–Kier alpha value is -0.410. The Bertz CT molecular complexity index is 323. The molecule has 3 heteroatoms. The average Bonchev–Trinajstić information content (AvgIpc) is 2.84. The minimum absolute atomic E-state index is 0.452. The first kappa shape index (κ1) is 13.0. The molecule has 0 saturated heterocycles. The average molecular weight is 252 g/mol. The Morgan fingerprint density at radius 3 is 2.94 bits per heavy atom. The van der Waals surface area contributed by atoms with Gasteiger partial charge in [-0.15, -0.1) is 11.3 Å². The molecule has 2 nitrogen and oxygen atoms in total. The van der Waals surface area contributed by atoms with E-state index in [2.05, 4.69) is 36.5 Å². The lowest BCUT2D eigenvalue weighted by Crippen LogP contribution is -2.41. The molecule has 0 bridgehead atoms. The molecular formula is C14H24N2S. The normalized spacial score (nSPS) is 31.4. The van der Waals surface area contributed by atoms with Crippen LogP contribution in [0.3, 0.4) is 0 Å². The summed E-state index contributed by atoms with van der Waals surface area (Å²) < 4.78 is 0. The second-order valence-corrected chi connectivity index (χ2v) is 6.43. The summed E-state index contributed by atoms with van der Waals surface area (Å²) in [7, 11) is 0. The van der Waals surface area contributed by atoms with Gasteiger partial charge in [0, 0.05) is 17.6 Å². The van der Waals surface area contributed by atoms with Crippen LogP contribution in [0.25, 0.3) is 0 Å². The van der Waals surface area contributed by atoms with Crippen molar-refractivity contribution in [1.29, 1.82) is 0 Å². The molecular weight excluding hydrogens is 228 g/mol. The van der Waals surface area contributed by atoms with Crippen LogP contribution in [0.4, 0.5) is 0 Å². The van der Waals surface area contributed by atoms with Crippen LogP contribution in [0.15, 0.2) is 11.6 Å². The molecule has 0 amide bonds. The first-order chi connectivity index (χ1) is 8.20. The van der Waals surface area contributed by atoms with Gasteiger partial charge in [-0.05, 0) is 31.1 Å². The summed E-state index contributed by atoms with van der Waals surface area (Å²) in [6.07, 6.45) is 7.13. The zero-order valence-corrected chi connectivity index (χ0v) is 12.0. The molecule has 1 aliphatic carbocycles. The molecule has 0 radical (unpaired) electrons. The minimum Gasteiger partial charge on any atom is -0.305 e. The summed E-state index contributed by atoms with van der Waals surface area (Å²) in [5, 5.41) is 7.16. The van der Waals surface area contributed by atoms with Gasteiger partial charge in [-0.2, -0.15) is 0 Å². The van der Waals surface area contributed by atoms with E-state index in [-0.39, 0.29) is 0 Å². The summed E-state index contributed by atoms with van der Waals surface area (Å²) in [5.41, 5.74) is 0. The Balaban J connectivity index is 1.98.